The normalized spacial score (nSPS) is 10.2. The van der Waals surface area contributed by atoms with Crippen molar-refractivity contribution in [1.29, 1.82) is 0 Å². The third-order valence-electron chi connectivity index (χ3n) is 2.49. The molecular weight excluding hydrogens is 214 g/mol. The van der Waals surface area contributed by atoms with Gasteiger partial charge in [-0.2, -0.15) is 4.98 Å². The van der Waals surface area contributed by atoms with Crippen molar-refractivity contribution in [2.45, 2.75) is 46.0 Å². The van der Waals surface area contributed by atoms with E-state index in [1.54, 1.807) is 0 Å². The Kier molecular flexibility index (Phi) is 7.19. The molecule has 17 heavy (non-hydrogen) atoms. The summed E-state index contributed by atoms with van der Waals surface area (Å²) in [6.45, 7) is 5.54. The molecule has 3 nitrogen and oxygen atoms in total. The van der Waals surface area contributed by atoms with Crippen LogP contribution in [0.3, 0.4) is 0 Å². The van der Waals surface area contributed by atoms with Gasteiger partial charge in [-0.1, -0.05) is 38.7 Å². The van der Waals surface area contributed by atoms with Crippen LogP contribution in [0.1, 0.15) is 46.0 Å². The van der Waals surface area contributed by atoms with Gasteiger partial charge in [-0.15, -0.1) is 0 Å². The van der Waals surface area contributed by atoms with Gasteiger partial charge in [-0.3, -0.25) is 0 Å². The van der Waals surface area contributed by atoms with Crippen molar-refractivity contribution in [2.75, 3.05) is 13.2 Å². The molecule has 0 unspecified atom stereocenters. The van der Waals surface area contributed by atoms with Crippen LogP contribution in [-0.2, 0) is 0 Å². The molecule has 0 saturated heterocycles. The molecule has 0 N–H and O–H groups in total. The Morgan fingerprint density at radius 3 is 2.35 bits per heavy atom. The van der Waals surface area contributed by atoms with Crippen molar-refractivity contribution in [3.05, 3.63) is 18.2 Å². The molecule has 3 heteroatoms. The quantitative estimate of drug-likeness (QED) is 0.612. The third kappa shape index (κ3) is 6.15. The van der Waals surface area contributed by atoms with Gasteiger partial charge in [0, 0.05) is 12.1 Å². The van der Waals surface area contributed by atoms with E-state index in [9.17, 15) is 0 Å². The summed E-state index contributed by atoms with van der Waals surface area (Å²) >= 11 is 0. The molecule has 1 heterocycles. The SMILES string of the molecule is CCCCCCCOc1cccc(OCC)n1. The predicted octanol–water partition coefficient (Wildman–Crippen LogP) is 3.83. The second kappa shape index (κ2) is 8.85. The molecule has 1 aromatic rings. The average Bonchev–Trinajstić information content (AvgIpc) is 2.35. The lowest BCUT2D eigenvalue weighted by molar-refractivity contribution is 0.279. The van der Waals surface area contributed by atoms with E-state index in [0.717, 1.165) is 13.0 Å². The van der Waals surface area contributed by atoms with Crippen molar-refractivity contribution in [2.24, 2.45) is 0 Å². The first-order valence-corrected chi connectivity index (χ1v) is 6.59. The van der Waals surface area contributed by atoms with Crippen molar-refractivity contribution < 1.29 is 9.47 Å². The van der Waals surface area contributed by atoms with Crippen molar-refractivity contribution in [3.8, 4) is 11.8 Å². The Morgan fingerprint density at radius 1 is 0.941 bits per heavy atom. The van der Waals surface area contributed by atoms with E-state index in [1.807, 2.05) is 25.1 Å². The number of nitrogens with zero attached hydrogens (tertiary/aromatic N) is 1. The zero-order chi connectivity index (χ0) is 12.3. The minimum absolute atomic E-state index is 0.632. The van der Waals surface area contributed by atoms with E-state index in [0.29, 0.717) is 18.4 Å². The molecule has 1 aromatic heterocycles. The smallest absolute Gasteiger partial charge is 0.216 e. The highest BCUT2D eigenvalue weighted by molar-refractivity contribution is 5.19. The van der Waals surface area contributed by atoms with Gasteiger partial charge in [0.2, 0.25) is 11.8 Å². The molecule has 0 aliphatic heterocycles. The minimum atomic E-state index is 0.632. The highest BCUT2D eigenvalue weighted by atomic mass is 16.5. The first-order chi connectivity index (χ1) is 8.36. The summed E-state index contributed by atoms with van der Waals surface area (Å²) in [7, 11) is 0. The van der Waals surface area contributed by atoms with Crippen LogP contribution in [0.4, 0.5) is 0 Å². The second-order valence-electron chi connectivity index (χ2n) is 4.01. The fraction of sp³-hybridized carbons (Fsp3) is 0.643. The molecule has 0 aromatic carbocycles. The van der Waals surface area contributed by atoms with E-state index >= 15 is 0 Å². The highest BCUT2D eigenvalue weighted by Gasteiger charge is 1.98. The van der Waals surface area contributed by atoms with Crippen LogP contribution in [0.5, 0.6) is 11.8 Å². The van der Waals surface area contributed by atoms with Crippen LogP contribution in [0, 0.1) is 0 Å². The first-order valence-electron chi connectivity index (χ1n) is 6.59. The molecule has 0 spiro atoms. The number of ether oxygens (including phenoxy) is 2. The van der Waals surface area contributed by atoms with Crippen LogP contribution in [0.15, 0.2) is 18.2 Å². The van der Waals surface area contributed by atoms with E-state index in [1.165, 1.54) is 25.7 Å². The van der Waals surface area contributed by atoms with Crippen LogP contribution in [-0.4, -0.2) is 18.2 Å². The lowest BCUT2D eigenvalue weighted by Crippen LogP contribution is -2.01. The highest BCUT2D eigenvalue weighted by Crippen LogP contribution is 2.14. The van der Waals surface area contributed by atoms with Gasteiger partial charge in [0.05, 0.1) is 13.2 Å². The van der Waals surface area contributed by atoms with Crippen LogP contribution in [0.25, 0.3) is 0 Å². The molecule has 0 fully saturated rings. The summed E-state index contributed by atoms with van der Waals surface area (Å²) in [5.74, 6) is 1.29. The summed E-state index contributed by atoms with van der Waals surface area (Å²) < 4.78 is 10.9. The molecule has 0 amide bonds. The Hall–Kier alpha value is -1.25. The maximum Gasteiger partial charge on any atom is 0.216 e. The minimum Gasteiger partial charge on any atom is -0.478 e. The lowest BCUT2D eigenvalue weighted by atomic mass is 10.2. The number of hydrogen-bond donors (Lipinski definition) is 0. The first kappa shape index (κ1) is 13.8. The van der Waals surface area contributed by atoms with Crippen LogP contribution < -0.4 is 9.47 Å². The maximum absolute atomic E-state index is 5.58. The summed E-state index contributed by atoms with van der Waals surface area (Å²) in [6.07, 6.45) is 6.22. The Bertz CT molecular complexity index is 302. The van der Waals surface area contributed by atoms with Gasteiger partial charge in [-0.25, -0.2) is 0 Å². The topological polar surface area (TPSA) is 31.4 Å². The summed E-state index contributed by atoms with van der Waals surface area (Å²) in [4.78, 5) is 4.25. The number of rotatable bonds is 9. The zero-order valence-corrected chi connectivity index (χ0v) is 10.9. The molecule has 0 aliphatic rings. The van der Waals surface area contributed by atoms with Gasteiger partial charge < -0.3 is 9.47 Å². The van der Waals surface area contributed by atoms with E-state index < -0.39 is 0 Å². The molecule has 0 radical (unpaired) electrons. The maximum atomic E-state index is 5.58. The average molecular weight is 237 g/mol. The van der Waals surface area contributed by atoms with Crippen LogP contribution in [0.2, 0.25) is 0 Å². The second-order valence-corrected chi connectivity index (χ2v) is 4.01. The number of unbranched alkanes of at least 4 members (excludes halogenated alkanes) is 4. The number of hydrogen-bond acceptors (Lipinski definition) is 3. The van der Waals surface area contributed by atoms with E-state index in [4.69, 9.17) is 9.47 Å². The Labute approximate surface area is 104 Å². The molecule has 0 saturated carbocycles. The van der Waals surface area contributed by atoms with Crippen molar-refractivity contribution in [3.63, 3.8) is 0 Å². The van der Waals surface area contributed by atoms with E-state index in [2.05, 4.69) is 11.9 Å². The molecular formula is C14H23NO2. The zero-order valence-electron chi connectivity index (χ0n) is 10.9. The van der Waals surface area contributed by atoms with Crippen molar-refractivity contribution >= 4 is 0 Å². The van der Waals surface area contributed by atoms with Gasteiger partial charge in [0.15, 0.2) is 0 Å². The largest absolute Gasteiger partial charge is 0.478 e. The number of aromatic nitrogens is 1. The van der Waals surface area contributed by atoms with Crippen molar-refractivity contribution in [1.82, 2.24) is 4.98 Å². The van der Waals surface area contributed by atoms with Gasteiger partial charge in [0.25, 0.3) is 0 Å². The molecule has 0 aliphatic carbocycles. The van der Waals surface area contributed by atoms with Gasteiger partial charge in [0.1, 0.15) is 0 Å². The molecule has 96 valence electrons. The fourth-order valence-electron chi connectivity index (χ4n) is 1.59. The summed E-state index contributed by atoms with van der Waals surface area (Å²) in [5, 5.41) is 0. The third-order valence-corrected chi connectivity index (χ3v) is 2.49. The van der Waals surface area contributed by atoms with E-state index in [-0.39, 0.29) is 0 Å². The lowest BCUT2D eigenvalue weighted by Gasteiger charge is -2.07. The predicted molar refractivity (Wildman–Crippen MR) is 69.7 cm³/mol. The van der Waals surface area contributed by atoms with Crippen LogP contribution >= 0.6 is 0 Å². The summed E-state index contributed by atoms with van der Waals surface area (Å²) in [6, 6.07) is 5.62. The van der Waals surface area contributed by atoms with Gasteiger partial charge in [-0.05, 0) is 13.3 Å². The monoisotopic (exact) mass is 237 g/mol. The Morgan fingerprint density at radius 2 is 1.65 bits per heavy atom. The Balaban J connectivity index is 2.19. The fourth-order valence-corrected chi connectivity index (χ4v) is 1.59. The number of pyridine rings is 1. The molecule has 0 bridgehead atoms. The molecule has 0 atom stereocenters. The summed E-state index contributed by atoms with van der Waals surface area (Å²) in [5.41, 5.74) is 0. The molecule has 1 rings (SSSR count). The standard InChI is InChI=1S/C14H23NO2/c1-3-5-6-7-8-12-17-14-11-9-10-13(15-14)16-4-2/h9-11H,3-8,12H2,1-2H3. The van der Waals surface area contributed by atoms with Gasteiger partial charge >= 0.3 is 0 Å².